The molecule has 0 aliphatic heterocycles. The summed E-state index contributed by atoms with van der Waals surface area (Å²) in [6.07, 6.45) is 1.08. The molecule has 9 heteroatoms. The number of pyridine rings is 1. The highest BCUT2D eigenvalue weighted by atomic mass is 35.5. The Morgan fingerprint density at radius 3 is 2.59 bits per heavy atom. The molecule has 0 fully saturated rings. The number of ether oxygens (including phenoxy) is 1. The standard InChI is InChI=1S/C13H12ClN3O4S/c1-21-11-5-3-2-4-10(11)13(18)16-17-22(19,20)9-6-7-12(14)15-8-9/h2-8,17H,1H3,(H,16,18). The number of hydrazine groups is 1. The number of sulfonamides is 1. The number of amides is 1. The molecule has 0 radical (unpaired) electrons. The van der Waals surface area contributed by atoms with E-state index in [2.05, 4.69) is 10.4 Å². The Bertz CT molecular complexity index is 778. The maximum absolute atomic E-state index is 12.0. The van der Waals surface area contributed by atoms with Gasteiger partial charge in [-0.25, -0.2) is 13.4 Å². The lowest BCUT2D eigenvalue weighted by molar-refractivity contribution is 0.0942. The van der Waals surface area contributed by atoms with Crippen LogP contribution in [0.25, 0.3) is 0 Å². The first-order valence-electron chi connectivity index (χ1n) is 6.01. The number of benzene rings is 1. The van der Waals surface area contributed by atoms with Crippen LogP contribution >= 0.6 is 11.6 Å². The number of para-hydroxylation sites is 1. The van der Waals surface area contributed by atoms with E-state index in [1.54, 1.807) is 18.2 Å². The summed E-state index contributed by atoms with van der Waals surface area (Å²) in [5.41, 5.74) is 2.31. The van der Waals surface area contributed by atoms with Crippen LogP contribution in [0.4, 0.5) is 0 Å². The lowest BCUT2D eigenvalue weighted by Crippen LogP contribution is -2.41. The zero-order valence-corrected chi connectivity index (χ0v) is 13.0. The van der Waals surface area contributed by atoms with Crippen LogP contribution in [0.2, 0.25) is 5.15 Å². The molecule has 116 valence electrons. The molecule has 0 aliphatic rings. The summed E-state index contributed by atoms with van der Waals surface area (Å²) in [7, 11) is -2.53. The van der Waals surface area contributed by atoms with Crippen LogP contribution in [-0.2, 0) is 10.0 Å². The molecule has 2 N–H and O–H groups in total. The average Bonchev–Trinajstić information content (AvgIpc) is 2.53. The number of rotatable bonds is 5. The van der Waals surface area contributed by atoms with Crippen molar-refractivity contribution in [2.45, 2.75) is 4.90 Å². The number of hydrogen-bond donors (Lipinski definition) is 2. The maximum Gasteiger partial charge on any atom is 0.270 e. The molecule has 0 spiro atoms. The highest BCUT2D eigenvalue weighted by Crippen LogP contribution is 2.16. The Labute approximate surface area is 132 Å². The van der Waals surface area contributed by atoms with Gasteiger partial charge in [-0.15, -0.1) is 4.83 Å². The predicted molar refractivity (Wildman–Crippen MR) is 80.0 cm³/mol. The molecule has 2 aromatic rings. The van der Waals surface area contributed by atoms with Gasteiger partial charge in [-0.05, 0) is 24.3 Å². The van der Waals surface area contributed by atoms with Crippen LogP contribution in [0.3, 0.4) is 0 Å². The Hall–Kier alpha value is -2.16. The van der Waals surface area contributed by atoms with Crippen molar-refractivity contribution in [3.05, 3.63) is 53.3 Å². The van der Waals surface area contributed by atoms with Crippen molar-refractivity contribution in [1.29, 1.82) is 0 Å². The topological polar surface area (TPSA) is 97.4 Å². The lowest BCUT2D eigenvalue weighted by atomic mass is 10.2. The van der Waals surface area contributed by atoms with E-state index in [-0.39, 0.29) is 15.6 Å². The number of hydrogen-bond acceptors (Lipinski definition) is 5. The Kier molecular flexibility index (Phi) is 4.96. The van der Waals surface area contributed by atoms with Crippen molar-refractivity contribution in [3.63, 3.8) is 0 Å². The van der Waals surface area contributed by atoms with Crippen molar-refractivity contribution in [1.82, 2.24) is 15.2 Å². The zero-order chi connectivity index (χ0) is 16.2. The van der Waals surface area contributed by atoms with Gasteiger partial charge in [0.15, 0.2) is 0 Å². The molecule has 7 nitrogen and oxygen atoms in total. The van der Waals surface area contributed by atoms with Crippen LogP contribution < -0.4 is 15.0 Å². The molecule has 0 aliphatic carbocycles. The van der Waals surface area contributed by atoms with E-state index in [1.165, 1.54) is 25.3 Å². The van der Waals surface area contributed by atoms with Crippen molar-refractivity contribution < 1.29 is 17.9 Å². The molecule has 1 heterocycles. The number of aromatic nitrogens is 1. The van der Waals surface area contributed by atoms with Crippen molar-refractivity contribution in [3.8, 4) is 5.75 Å². The lowest BCUT2D eigenvalue weighted by Gasteiger charge is -2.10. The third kappa shape index (κ3) is 3.73. The largest absolute Gasteiger partial charge is 0.496 e. The Morgan fingerprint density at radius 2 is 1.95 bits per heavy atom. The fraction of sp³-hybridized carbons (Fsp3) is 0.0769. The van der Waals surface area contributed by atoms with Gasteiger partial charge in [0, 0.05) is 6.20 Å². The van der Waals surface area contributed by atoms with Crippen molar-refractivity contribution in [2.24, 2.45) is 0 Å². The molecule has 0 unspecified atom stereocenters. The summed E-state index contributed by atoms with van der Waals surface area (Å²) >= 11 is 5.59. The average molecular weight is 342 g/mol. The molecule has 22 heavy (non-hydrogen) atoms. The summed E-state index contributed by atoms with van der Waals surface area (Å²) in [4.78, 5) is 17.5. The number of carbonyl (C=O) groups excluding carboxylic acids is 1. The highest BCUT2D eigenvalue weighted by molar-refractivity contribution is 7.89. The van der Waals surface area contributed by atoms with Crippen LogP contribution in [0.5, 0.6) is 5.75 Å². The minimum Gasteiger partial charge on any atom is -0.496 e. The minimum atomic E-state index is -3.94. The summed E-state index contributed by atoms with van der Waals surface area (Å²) in [5, 5.41) is 0.164. The first-order chi connectivity index (χ1) is 10.4. The van der Waals surface area contributed by atoms with Gasteiger partial charge in [0.05, 0.1) is 12.7 Å². The molecule has 0 bridgehead atoms. The van der Waals surface area contributed by atoms with Gasteiger partial charge in [-0.3, -0.25) is 10.2 Å². The molecule has 0 saturated heterocycles. The first-order valence-corrected chi connectivity index (χ1v) is 7.87. The molecule has 0 atom stereocenters. The van der Waals surface area contributed by atoms with Gasteiger partial charge in [0.2, 0.25) is 0 Å². The smallest absolute Gasteiger partial charge is 0.270 e. The zero-order valence-electron chi connectivity index (χ0n) is 11.4. The van der Waals surface area contributed by atoms with Crippen LogP contribution in [0.15, 0.2) is 47.5 Å². The first kappa shape index (κ1) is 16.2. The number of carbonyl (C=O) groups is 1. The second-order valence-electron chi connectivity index (χ2n) is 4.08. The second-order valence-corrected chi connectivity index (χ2v) is 6.15. The number of methoxy groups -OCH3 is 1. The highest BCUT2D eigenvalue weighted by Gasteiger charge is 2.17. The molecule has 1 amide bonds. The molecular weight excluding hydrogens is 330 g/mol. The Balaban J connectivity index is 2.12. The second kappa shape index (κ2) is 6.73. The summed E-state index contributed by atoms with van der Waals surface area (Å²) in [5.74, 6) is -0.324. The third-order valence-electron chi connectivity index (χ3n) is 2.66. The fourth-order valence-corrected chi connectivity index (χ4v) is 2.49. The van der Waals surface area contributed by atoms with E-state index in [0.29, 0.717) is 5.75 Å². The van der Waals surface area contributed by atoms with E-state index in [4.69, 9.17) is 16.3 Å². The van der Waals surface area contributed by atoms with Gasteiger partial charge in [-0.2, -0.15) is 0 Å². The quantitative estimate of drug-likeness (QED) is 0.632. The number of nitrogens with zero attached hydrogens (tertiary/aromatic N) is 1. The van der Waals surface area contributed by atoms with Crippen LogP contribution in [0, 0.1) is 0 Å². The minimum absolute atomic E-state index is 0.128. The van der Waals surface area contributed by atoms with E-state index in [9.17, 15) is 13.2 Å². The predicted octanol–water partition coefficient (Wildman–Crippen LogP) is 1.37. The van der Waals surface area contributed by atoms with Crippen LogP contribution in [-0.4, -0.2) is 26.4 Å². The van der Waals surface area contributed by atoms with Crippen LogP contribution in [0.1, 0.15) is 10.4 Å². The van der Waals surface area contributed by atoms with E-state index in [1.807, 2.05) is 4.83 Å². The van der Waals surface area contributed by atoms with Gasteiger partial charge >= 0.3 is 0 Å². The monoisotopic (exact) mass is 341 g/mol. The third-order valence-corrected chi connectivity index (χ3v) is 4.12. The van der Waals surface area contributed by atoms with Gasteiger partial charge < -0.3 is 4.74 Å². The molecule has 2 rings (SSSR count). The van der Waals surface area contributed by atoms with Crippen molar-refractivity contribution >= 4 is 27.5 Å². The van der Waals surface area contributed by atoms with E-state index >= 15 is 0 Å². The fourth-order valence-electron chi connectivity index (χ4n) is 1.59. The molecular formula is C13H12ClN3O4S. The van der Waals surface area contributed by atoms with Gasteiger partial charge in [-0.1, -0.05) is 23.7 Å². The number of nitrogens with one attached hydrogen (secondary N) is 2. The van der Waals surface area contributed by atoms with E-state index < -0.39 is 15.9 Å². The summed E-state index contributed by atoms with van der Waals surface area (Å²) in [6.45, 7) is 0. The van der Waals surface area contributed by atoms with Gasteiger partial charge in [0.1, 0.15) is 15.8 Å². The molecule has 1 aromatic heterocycles. The molecule has 0 saturated carbocycles. The van der Waals surface area contributed by atoms with Gasteiger partial charge in [0.25, 0.3) is 15.9 Å². The normalized spacial score (nSPS) is 11.0. The summed E-state index contributed by atoms with van der Waals surface area (Å²) < 4.78 is 29.0. The summed E-state index contributed by atoms with van der Waals surface area (Å²) in [6, 6.07) is 9.03. The Morgan fingerprint density at radius 1 is 1.23 bits per heavy atom. The van der Waals surface area contributed by atoms with E-state index in [0.717, 1.165) is 6.20 Å². The SMILES string of the molecule is COc1ccccc1C(=O)NNS(=O)(=O)c1ccc(Cl)nc1. The number of halogens is 1. The van der Waals surface area contributed by atoms with Crippen molar-refractivity contribution in [2.75, 3.05) is 7.11 Å². The molecule has 1 aromatic carbocycles. The maximum atomic E-state index is 12.0.